The Hall–Kier alpha value is -2.56. The first-order chi connectivity index (χ1) is 18.3. The van der Waals surface area contributed by atoms with Gasteiger partial charge in [-0.2, -0.15) is 8.42 Å². The lowest BCUT2D eigenvalue weighted by Gasteiger charge is -2.56. The van der Waals surface area contributed by atoms with E-state index in [4.69, 9.17) is 8.92 Å². The summed E-state index contributed by atoms with van der Waals surface area (Å²) in [6.45, 7) is 2.70. The second-order valence-electron chi connectivity index (χ2n) is 11.5. The molecule has 0 unspecified atom stereocenters. The summed E-state index contributed by atoms with van der Waals surface area (Å²) >= 11 is 0. The van der Waals surface area contributed by atoms with Crippen LogP contribution in [0.3, 0.4) is 0 Å². The Morgan fingerprint density at radius 2 is 1.73 bits per heavy atom. The number of ketones is 3. The number of carbonyl (C=O) groups excluding carboxylic acids is 3. The molecule has 0 radical (unpaired) electrons. The Bertz CT molecular complexity index is 1470. The molecule has 1 aromatic rings. The van der Waals surface area contributed by atoms with Crippen molar-refractivity contribution < 1.29 is 62.4 Å². The maximum atomic E-state index is 13.8. The van der Waals surface area contributed by atoms with Gasteiger partial charge in [-0.25, -0.2) is 0 Å². The molecule has 1 aromatic carbocycles. The van der Waals surface area contributed by atoms with Crippen LogP contribution in [0.1, 0.15) is 71.9 Å². The molecular formula is C26H30O13S. The number of phenols is 1. The van der Waals surface area contributed by atoms with E-state index in [9.17, 15) is 53.4 Å². The Morgan fingerprint density at radius 1 is 1.07 bits per heavy atom. The average Bonchev–Trinajstić information content (AvgIpc) is 2.81. The lowest BCUT2D eigenvalue weighted by atomic mass is 9.54. The van der Waals surface area contributed by atoms with Gasteiger partial charge in [0.25, 0.3) is 10.1 Å². The van der Waals surface area contributed by atoms with Gasteiger partial charge < -0.3 is 35.4 Å². The number of rotatable bonds is 3. The van der Waals surface area contributed by atoms with Crippen LogP contribution in [-0.2, 0) is 23.8 Å². The Kier molecular flexibility index (Phi) is 6.49. The Labute approximate surface area is 228 Å². The van der Waals surface area contributed by atoms with Crippen LogP contribution in [0.15, 0.2) is 23.3 Å². The molecule has 14 heteroatoms. The van der Waals surface area contributed by atoms with E-state index < -0.39 is 122 Å². The van der Waals surface area contributed by atoms with Crippen LogP contribution < -0.4 is 0 Å². The minimum atomic E-state index is -4.36. The summed E-state index contributed by atoms with van der Waals surface area (Å²) in [6, 6.07) is 2.44. The summed E-state index contributed by atoms with van der Waals surface area (Å²) in [5, 5.41) is 65.5. The third-order valence-corrected chi connectivity index (χ3v) is 8.92. The van der Waals surface area contributed by atoms with Crippen LogP contribution in [0.2, 0.25) is 0 Å². The van der Waals surface area contributed by atoms with Crippen LogP contribution in [-0.4, -0.2) is 104 Å². The fourth-order valence-corrected chi connectivity index (χ4v) is 7.18. The SMILES string of the molecule is C[C@H]1O[C@@H](c2ccc3c(c2O)C(=O)C2=C(C3=O)[C@@]3(O)C(=O)C[C@](C)(O)C[C@@]3(O)[C@H](OS(C)(=O)=O)C2)C[C@@H](O)[C@@H]1O. The van der Waals surface area contributed by atoms with E-state index >= 15 is 0 Å². The fourth-order valence-electron chi connectivity index (χ4n) is 6.53. The number of benzene rings is 1. The zero-order chi connectivity index (χ0) is 29.7. The molecule has 1 saturated carbocycles. The van der Waals surface area contributed by atoms with E-state index in [-0.39, 0.29) is 12.0 Å². The maximum absolute atomic E-state index is 13.8. The zero-order valence-corrected chi connectivity index (χ0v) is 22.6. The van der Waals surface area contributed by atoms with Gasteiger partial charge in [0.2, 0.25) is 0 Å². The maximum Gasteiger partial charge on any atom is 0.264 e. The molecule has 218 valence electrons. The quantitative estimate of drug-likeness (QED) is 0.235. The largest absolute Gasteiger partial charge is 0.507 e. The highest BCUT2D eigenvalue weighted by Gasteiger charge is 2.71. The highest BCUT2D eigenvalue weighted by Crippen LogP contribution is 2.55. The summed E-state index contributed by atoms with van der Waals surface area (Å²) in [5.41, 5.74) is -9.99. The van der Waals surface area contributed by atoms with Crippen molar-refractivity contribution in [2.45, 2.75) is 86.9 Å². The van der Waals surface area contributed by atoms with Gasteiger partial charge in [-0.05, 0) is 19.9 Å². The first kappa shape index (κ1) is 29.0. The fraction of sp³-hybridized carbons (Fsp3) is 0.577. The number of aromatic hydroxyl groups is 1. The monoisotopic (exact) mass is 582 g/mol. The number of fused-ring (bicyclic) bond motifs is 3. The van der Waals surface area contributed by atoms with Gasteiger partial charge in [-0.1, -0.05) is 6.07 Å². The van der Waals surface area contributed by atoms with Crippen molar-refractivity contribution >= 4 is 27.5 Å². The van der Waals surface area contributed by atoms with Crippen molar-refractivity contribution in [3.8, 4) is 5.75 Å². The van der Waals surface area contributed by atoms with Crippen LogP contribution in [0.4, 0.5) is 0 Å². The number of phenolic OH excluding ortho intramolecular Hbond substituents is 1. The predicted molar refractivity (Wildman–Crippen MR) is 133 cm³/mol. The Balaban J connectivity index is 1.67. The number of Topliss-reactive ketones (excluding diaryl/α,β-unsaturated/α-hetero) is 3. The van der Waals surface area contributed by atoms with E-state index in [1.807, 2.05) is 0 Å². The normalized spacial score (nSPS) is 40.0. The number of aliphatic hydroxyl groups excluding tert-OH is 2. The molecular weight excluding hydrogens is 552 g/mol. The summed E-state index contributed by atoms with van der Waals surface area (Å²) in [4.78, 5) is 41.0. The Morgan fingerprint density at radius 3 is 2.33 bits per heavy atom. The molecule has 5 rings (SSSR count). The van der Waals surface area contributed by atoms with Crippen molar-refractivity contribution in [2.24, 2.45) is 0 Å². The van der Waals surface area contributed by atoms with Crippen LogP contribution in [0.25, 0.3) is 0 Å². The molecule has 3 aliphatic carbocycles. The van der Waals surface area contributed by atoms with Crippen molar-refractivity contribution in [1.29, 1.82) is 0 Å². The number of ether oxygens (including phenoxy) is 1. The van der Waals surface area contributed by atoms with Crippen molar-refractivity contribution in [2.75, 3.05) is 6.26 Å². The number of carbonyl (C=O) groups is 3. The van der Waals surface area contributed by atoms with Gasteiger partial charge in [0.05, 0.1) is 35.7 Å². The molecule has 0 aromatic heterocycles. The van der Waals surface area contributed by atoms with Gasteiger partial charge in [-0.3, -0.25) is 18.6 Å². The minimum absolute atomic E-state index is 0.0292. The molecule has 0 spiro atoms. The van der Waals surface area contributed by atoms with E-state index in [2.05, 4.69) is 0 Å². The number of aliphatic hydroxyl groups is 5. The molecule has 13 nitrogen and oxygen atoms in total. The molecule has 8 atom stereocenters. The van der Waals surface area contributed by atoms with Crippen LogP contribution in [0.5, 0.6) is 5.75 Å². The number of hydrogen-bond acceptors (Lipinski definition) is 13. The zero-order valence-electron chi connectivity index (χ0n) is 21.8. The van der Waals surface area contributed by atoms with Crippen LogP contribution in [0, 0.1) is 0 Å². The molecule has 0 amide bonds. The first-order valence-corrected chi connectivity index (χ1v) is 14.4. The second-order valence-corrected chi connectivity index (χ2v) is 13.1. The molecule has 4 aliphatic rings. The highest BCUT2D eigenvalue weighted by atomic mass is 32.2. The van der Waals surface area contributed by atoms with Crippen molar-refractivity contribution in [3.05, 3.63) is 40.0 Å². The minimum Gasteiger partial charge on any atom is -0.507 e. The highest BCUT2D eigenvalue weighted by molar-refractivity contribution is 7.86. The first-order valence-electron chi connectivity index (χ1n) is 12.6. The van der Waals surface area contributed by atoms with E-state index in [1.54, 1.807) is 0 Å². The third kappa shape index (κ3) is 4.09. The molecule has 2 fully saturated rings. The van der Waals surface area contributed by atoms with Crippen molar-refractivity contribution in [1.82, 2.24) is 0 Å². The predicted octanol–water partition coefficient (Wildman–Crippen LogP) is -1.04. The van der Waals surface area contributed by atoms with Crippen molar-refractivity contribution in [3.63, 3.8) is 0 Å². The second kappa shape index (κ2) is 8.97. The molecule has 40 heavy (non-hydrogen) atoms. The molecule has 1 heterocycles. The van der Waals surface area contributed by atoms with Gasteiger partial charge in [0, 0.05) is 48.0 Å². The average molecular weight is 583 g/mol. The van der Waals surface area contributed by atoms with Gasteiger partial charge in [0.15, 0.2) is 23.0 Å². The third-order valence-electron chi connectivity index (χ3n) is 8.34. The number of hydrogen-bond donors (Lipinski definition) is 6. The van der Waals surface area contributed by atoms with Crippen LogP contribution >= 0.6 is 0 Å². The standard InChI is InChI=1S/C26H30O13S/c1-10-20(29)14(27)7-15(38-10)11-4-5-12-18(21(11)30)22(31)13-6-17(39-40(3,36)37)25(34)9-24(2,33)8-16(28)26(25,35)19(13)23(12)32/h4-5,10,14-15,17,20,27,29-30,33-35H,6-9H2,1-3H3/t10-,14-,15-,17-,20-,24+,25-,26+/m1/s1. The van der Waals surface area contributed by atoms with Gasteiger partial charge in [-0.15, -0.1) is 0 Å². The molecule has 1 saturated heterocycles. The lowest BCUT2D eigenvalue weighted by Crippen LogP contribution is -2.75. The summed E-state index contributed by atoms with van der Waals surface area (Å²) in [7, 11) is -4.36. The topological polar surface area (TPSA) is 225 Å². The smallest absolute Gasteiger partial charge is 0.264 e. The van der Waals surface area contributed by atoms with Gasteiger partial charge in [0.1, 0.15) is 23.6 Å². The molecule has 0 bridgehead atoms. The van der Waals surface area contributed by atoms with E-state index in [0.29, 0.717) is 6.26 Å². The lowest BCUT2D eigenvalue weighted by molar-refractivity contribution is -0.225. The molecule has 1 aliphatic heterocycles. The summed E-state index contributed by atoms with van der Waals surface area (Å²) in [6.07, 6.45) is -7.87. The van der Waals surface area contributed by atoms with E-state index in [1.165, 1.54) is 26.0 Å². The van der Waals surface area contributed by atoms with Gasteiger partial charge >= 0.3 is 0 Å². The summed E-state index contributed by atoms with van der Waals surface area (Å²) < 4.78 is 34.9. The van der Waals surface area contributed by atoms with E-state index in [0.717, 1.165) is 0 Å². The summed E-state index contributed by atoms with van der Waals surface area (Å²) in [5.74, 6) is -3.97. The molecule has 6 N–H and O–H groups in total.